The van der Waals surface area contributed by atoms with Gasteiger partial charge in [-0.1, -0.05) is 43.6 Å². The molecule has 3 aromatic rings. The van der Waals surface area contributed by atoms with E-state index in [1.165, 1.54) is 5.56 Å². The van der Waals surface area contributed by atoms with Crippen LogP contribution in [0.25, 0.3) is 5.65 Å². The van der Waals surface area contributed by atoms with E-state index in [2.05, 4.69) is 36.2 Å². The minimum atomic E-state index is -0.0922. The number of rotatable bonds is 8. The molecule has 6 nitrogen and oxygen atoms in total. The highest BCUT2D eigenvalue weighted by Crippen LogP contribution is 2.25. The maximum absolute atomic E-state index is 13.1. The summed E-state index contributed by atoms with van der Waals surface area (Å²) in [6.45, 7) is 7.61. The predicted octanol–water partition coefficient (Wildman–Crippen LogP) is 4.08. The van der Waals surface area contributed by atoms with Crippen molar-refractivity contribution in [3.05, 3.63) is 70.6 Å². The molecule has 2 atom stereocenters. The first kappa shape index (κ1) is 22.8. The zero-order valence-corrected chi connectivity index (χ0v) is 19.6. The summed E-state index contributed by atoms with van der Waals surface area (Å²) in [4.78, 5) is 20.2. The van der Waals surface area contributed by atoms with E-state index in [-0.39, 0.29) is 17.9 Å². The Morgan fingerprint density at radius 3 is 2.72 bits per heavy atom. The van der Waals surface area contributed by atoms with Gasteiger partial charge in [-0.15, -0.1) is 0 Å². The molecule has 3 N–H and O–H groups in total. The van der Waals surface area contributed by atoms with Gasteiger partial charge in [0.15, 0.2) is 0 Å². The van der Waals surface area contributed by atoms with Crippen LogP contribution in [0.15, 0.2) is 48.7 Å². The van der Waals surface area contributed by atoms with E-state index in [9.17, 15) is 4.79 Å². The maximum atomic E-state index is 13.1. The quantitative estimate of drug-likeness (QED) is 0.538. The molecule has 1 aliphatic heterocycles. The van der Waals surface area contributed by atoms with Gasteiger partial charge in [-0.2, -0.15) is 0 Å². The summed E-state index contributed by atoms with van der Waals surface area (Å²) >= 11 is 6.06. The van der Waals surface area contributed by atoms with Crippen LogP contribution in [-0.4, -0.2) is 45.9 Å². The van der Waals surface area contributed by atoms with Crippen LogP contribution >= 0.6 is 11.6 Å². The summed E-state index contributed by atoms with van der Waals surface area (Å²) in [6, 6.07) is 13.8. The third-order valence-electron chi connectivity index (χ3n) is 6.08. The number of hydrogen-bond donors (Lipinski definition) is 2. The zero-order valence-electron chi connectivity index (χ0n) is 18.8. The molecule has 170 valence electrons. The smallest absolute Gasteiger partial charge is 0.268 e. The van der Waals surface area contributed by atoms with Crippen molar-refractivity contribution in [2.24, 2.45) is 11.7 Å². The lowest BCUT2D eigenvalue weighted by atomic mass is 9.90. The average Bonchev–Trinajstić information content (AvgIpc) is 3.36. The number of hydrogen-bond acceptors (Lipinski definition) is 4. The van der Waals surface area contributed by atoms with E-state index in [0.29, 0.717) is 18.2 Å². The number of fused-ring (bicyclic) bond motifs is 1. The van der Waals surface area contributed by atoms with Gasteiger partial charge < -0.3 is 11.1 Å². The summed E-state index contributed by atoms with van der Waals surface area (Å²) in [5, 5.41) is 3.87. The Morgan fingerprint density at radius 1 is 1.25 bits per heavy atom. The fourth-order valence-corrected chi connectivity index (χ4v) is 4.63. The van der Waals surface area contributed by atoms with Crippen molar-refractivity contribution in [2.45, 2.75) is 45.2 Å². The molecule has 1 saturated heterocycles. The molecule has 1 amide bonds. The van der Waals surface area contributed by atoms with E-state index in [1.807, 2.05) is 40.9 Å². The molecule has 0 aliphatic carbocycles. The third kappa shape index (κ3) is 5.49. The number of likely N-dealkylation sites (tertiary alicyclic amines) is 1. The highest BCUT2D eigenvalue weighted by Gasteiger charge is 2.21. The second-order valence-electron chi connectivity index (χ2n) is 9.24. The molecule has 1 aliphatic rings. The lowest BCUT2D eigenvalue weighted by Gasteiger charge is -2.20. The van der Waals surface area contributed by atoms with Crippen LogP contribution in [0, 0.1) is 5.92 Å². The number of halogens is 1. The van der Waals surface area contributed by atoms with Gasteiger partial charge in [-0.05, 0) is 48.6 Å². The predicted molar refractivity (Wildman–Crippen MR) is 129 cm³/mol. The zero-order chi connectivity index (χ0) is 22.7. The number of carbonyl (C=O) groups excluding carboxylic acids is 1. The summed E-state index contributed by atoms with van der Waals surface area (Å²) in [7, 11) is 0. The molecular formula is C25H32ClN5O. The highest BCUT2D eigenvalue weighted by molar-refractivity contribution is 6.30. The first-order valence-corrected chi connectivity index (χ1v) is 11.8. The number of aromatic nitrogens is 2. The molecule has 0 spiro atoms. The Morgan fingerprint density at radius 2 is 2.03 bits per heavy atom. The molecule has 1 fully saturated rings. The molecule has 3 heterocycles. The van der Waals surface area contributed by atoms with Crippen LogP contribution in [0.5, 0.6) is 0 Å². The second kappa shape index (κ2) is 10.0. The second-order valence-corrected chi connectivity index (χ2v) is 9.68. The van der Waals surface area contributed by atoms with Gasteiger partial charge in [0, 0.05) is 49.4 Å². The van der Waals surface area contributed by atoms with Crippen LogP contribution in [0.4, 0.5) is 0 Å². The Kier molecular flexibility index (Phi) is 7.13. The van der Waals surface area contributed by atoms with E-state index in [1.54, 1.807) is 0 Å². The van der Waals surface area contributed by atoms with Gasteiger partial charge in [0.2, 0.25) is 0 Å². The summed E-state index contributed by atoms with van der Waals surface area (Å²) in [5.41, 5.74) is 9.56. The van der Waals surface area contributed by atoms with Crippen molar-refractivity contribution in [1.82, 2.24) is 19.6 Å². The number of nitrogens with zero attached hydrogens (tertiary/aromatic N) is 3. The lowest BCUT2D eigenvalue weighted by Crippen LogP contribution is -2.30. The summed E-state index contributed by atoms with van der Waals surface area (Å²) < 4.78 is 1.89. The van der Waals surface area contributed by atoms with E-state index < -0.39 is 0 Å². The molecule has 2 aromatic heterocycles. The number of nitrogens with two attached hydrogens (primary N) is 1. The van der Waals surface area contributed by atoms with Crippen LogP contribution in [0.1, 0.15) is 54.4 Å². The molecule has 1 aromatic carbocycles. The highest BCUT2D eigenvalue weighted by atomic mass is 35.5. The van der Waals surface area contributed by atoms with Gasteiger partial charge in [-0.25, -0.2) is 4.98 Å². The van der Waals surface area contributed by atoms with Gasteiger partial charge >= 0.3 is 0 Å². The average molecular weight is 454 g/mol. The van der Waals surface area contributed by atoms with Crippen LogP contribution in [-0.2, 0) is 6.54 Å². The number of nitrogens with one attached hydrogen (secondary N) is 1. The fraction of sp³-hybridized carbons (Fsp3) is 0.440. The normalized spacial score (nSPS) is 17.8. The molecular weight excluding hydrogens is 422 g/mol. The molecule has 0 saturated carbocycles. The van der Waals surface area contributed by atoms with Crippen molar-refractivity contribution in [1.29, 1.82) is 0 Å². The standard InChI is InChI=1S/C25H32ClN5O/c1-17(2)12-19(18-6-8-20(26)9-7-18)13-28-25(32)23-4-3-5-24-29-22(16-31(23)24)15-30-11-10-21(27)14-30/h3-9,16-17,19,21H,10-15,27H2,1-2H3,(H,28,32)/t19?,21-/m1/s1. The number of imidazole rings is 1. The topological polar surface area (TPSA) is 75.7 Å². The number of carbonyl (C=O) groups is 1. The first-order valence-electron chi connectivity index (χ1n) is 11.4. The van der Waals surface area contributed by atoms with E-state index in [0.717, 1.165) is 48.8 Å². The van der Waals surface area contributed by atoms with E-state index >= 15 is 0 Å². The van der Waals surface area contributed by atoms with Gasteiger partial charge in [-0.3, -0.25) is 14.1 Å². The van der Waals surface area contributed by atoms with Crippen molar-refractivity contribution in [2.75, 3.05) is 19.6 Å². The molecule has 0 radical (unpaired) electrons. The summed E-state index contributed by atoms with van der Waals surface area (Å²) in [6.07, 6.45) is 3.98. The Bertz CT molecular complexity index is 1060. The minimum Gasteiger partial charge on any atom is -0.350 e. The third-order valence-corrected chi connectivity index (χ3v) is 6.33. The first-order chi connectivity index (χ1) is 15.4. The van der Waals surface area contributed by atoms with Crippen LogP contribution in [0.2, 0.25) is 5.02 Å². The molecule has 32 heavy (non-hydrogen) atoms. The number of benzene rings is 1. The fourth-order valence-electron chi connectivity index (χ4n) is 4.51. The van der Waals surface area contributed by atoms with E-state index in [4.69, 9.17) is 22.3 Å². The molecule has 7 heteroatoms. The van der Waals surface area contributed by atoms with Crippen LogP contribution in [0.3, 0.4) is 0 Å². The van der Waals surface area contributed by atoms with Crippen molar-refractivity contribution in [3.8, 4) is 0 Å². The van der Waals surface area contributed by atoms with Crippen LogP contribution < -0.4 is 11.1 Å². The van der Waals surface area contributed by atoms with Crippen molar-refractivity contribution in [3.63, 3.8) is 0 Å². The van der Waals surface area contributed by atoms with Gasteiger partial charge in [0.05, 0.1) is 5.69 Å². The van der Waals surface area contributed by atoms with Gasteiger partial charge in [0.25, 0.3) is 5.91 Å². The maximum Gasteiger partial charge on any atom is 0.268 e. The largest absolute Gasteiger partial charge is 0.350 e. The van der Waals surface area contributed by atoms with Crippen molar-refractivity contribution >= 4 is 23.2 Å². The Labute approximate surface area is 194 Å². The number of pyridine rings is 1. The minimum absolute atomic E-state index is 0.0922. The van der Waals surface area contributed by atoms with Gasteiger partial charge in [0.1, 0.15) is 11.3 Å². The molecule has 1 unspecified atom stereocenters. The van der Waals surface area contributed by atoms with Crippen molar-refractivity contribution < 1.29 is 4.79 Å². The summed E-state index contributed by atoms with van der Waals surface area (Å²) in [5.74, 6) is 0.657. The SMILES string of the molecule is CC(C)CC(CNC(=O)c1cccc2nc(CN3CC[C@@H](N)C3)cn12)c1ccc(Cl)cc1. The molecule has 0 bridgehead atoms. The lowest BCUT2D eigenvalue weighted by molar-refractivity contribution is 0.0943. The number of amides is 1. The Balaban J connectivity index is 1.48. The monoisotopic (exact) mass is 453 g/mol. The Hall–Kier alpha value is -2.41. The molecule has 4 rings (SSSR count).